The SMILES string of the molecule is O=S(=O)(Nc1ccc(F)c(F)c1F)c1cccc2cccnc12. The maximum atomic E-state index is 13.7. The third kappa shape index (κ3) is 2.72. The fourth-order valence-electron chi connectivity index (χ4n) is 2.10. The molecule has 0 bridgehead atoms. The van der Waals surface area contributed by atoms with Crippen molar-refractivity contribution >= 4 is 26.6 Å². The average Bonchev–Trinajstić information content (AvgIpc) is 2.55. The first kappa shape index (κ1) is 15.3. The lowest BCUT2D eigenvalue weighted by Crippen LogP contribution is -2.15. The van der Waals surface area contributed by atoms with Crippen LogP contribution < -0.4 is 4.72 Å². The van der Waals surface area contributed by atoms with Crippen LogP contribution in [0.25, 0.3) is 10.9 Å². The molecule has 1 heterocycles. The van der Waals surface area contributed by atoms with Crippen LogP contribution in [0.3, 0.4) is 0 Å². The molecule has 0 aliphatic rings. The van der Waals surface area contributed by atoms with Gasteiger partial charge >= 0.3 is 0 Å². The summed E-state index contributed by atoms with van der Waals surface area (Å²) in [7, 11) is -4.23. The smallest absolute Gasteiger partial charge is 0.264 e. The summed E-state index contributed by atoms with van der Waals surface area (Å²) in [4.78, 5) is 3.80. The monoisotopic (exact) mass is 338 g/mol. The number of fused-ring (bicyclic) bond motifs is 1. The fraction of sp³-hybridized carbons (Fsp3) is 0. The maximum absolute atomic E-state index is 13.7. The van der Waals surface area contributed by atoms with Crippen LogP contribution in [0.4, 0.5) is 18.9 Å². The van der Waals surface area contributed by atoms with Crippen molar-refractivity contribution in [2.24, 2.45) is 0 Å². The van der Waals surface area contributed by atoms with Crippen molar-refractivity contribution in [3.05, 3.63) is 66.1 Å². The molecule has 0 fully saturated rings. The second-order valence-corrected chi connectivity index (χ2v) is 6.31. The summed E-state index contributed by atoms with van der Waals surface area (Å²) >= 11 is 0. The highest BCUT2D eigenvalue weighted by Gasteiger charge is 2.22. The number of halogens is 3. The molecule has 0 radical (unpaired) electrons. The molecule has 0 atom stereocenters. The lowest BCUT2D eigenvalue weighted by molar-refractivity contribution is 0.449. The van der Waals surface area contributed by atoms with Gasteiger partial charge in [0, 0.05) is 11.6 Å². The molecule has 1 N–H and O–H groups in total. The minimum atomic E-state index is -4.23. The molecule has 23 heavy (non-hydrogen) atoms. The zero-order chi connectivity index (χ0) is 16.6. The van der Waals surface area contributed by atoms with Crippen molar-refractivity contribution in [2.45, 2.75) is 4.90 Å². The standard InChI is InChI=1S/C15H9F3N2O2S/c16-10-6-7-11(14(18)13(10)17)20-23(21,22)12-5-1-3-9-4-2-8-19-15(9)12/h1-8,20H. The molecule has 0 aliphatic carbocycles. The minimum absolute atomic E-state index is 0.186. The molecule has 0 unspecified atom stereocenters. The Morgan fingerprint density at radius 1 is 0.913 bits per heavy atom. The quantitative estimate of drug-likeness (QED) is 0.744. The normalized spacial score (nSPS) is 11.6. The third-order valence-electron chi connectivity index (χ3n) is 3.16. The van der Waals surface area contributed by atoms with Gasteiger partial charge in [0.2, 0.25) is 0 Å². The van der Waals surface area contributed by atoms with E-state index >= 15 is 0 Å². The Labute approximate surface area is 129 Å². The Morgan fingerprint density at radius 2 is 1.65 bits per heavy atom. The highest BCUT2D eigenvalue weighted by atomic mass is 32.2. The van der Waals surface area contributed by atoms with E-state index in [1.165, 1.54) is 18.3 Å². The zero-order valence-electron chi connectivity index (χ0n) is 11.4. The predicted molar refractivity (Wildman–Crippen MR) is 78.9 cm³/mol. The summed E-state index contributed by atoms with van der Waals surface area (Å²) in [6.45, 7) is 0. The van der Waals surface area contributed by atoms with Gasteiger partial charge in [-0.1, -0.05) is 18.2 Å². The first-order valence-corrected chi connectivity index (χ1v) is 7.88. The fourth-order valence-corrected chi connectivity index (χ4v) is 3.34. The maximum Gasteiger partial charge on any atom is 0.264 e. The van der Waals surface area contributed by atoms with Crippen LogP contribution in [0.2, 0.25) is 0 Å². The van der Waals surface area contributed by atoms with Gasteiger partial charge in [0.1, 0.15) is 4.90 Å². The van der Waals surface area contributed by atoms with Crippen molar-refractivity contribution < 1.29 is 21.6 Å². The second kappa shape index (κ2) is 5.54. The van der Waals surface area contributed by atoms with Crippen LogP contribution in [0.1, 0.15) is 0 Å². The van der Waals surface area contributed by atoms with Gasteiger partial charge in [-0.05, 0) is 24.3 Å². The zero-order valence-corrected chi connectivity index (χ0v) is 12.2. The van der Waals surface area contributed by atoms with Gasteiger partial charge in [-0.15, -0.1) is 0 Å². The number of rotatable bonds is 3. The van der Waals surface area contributed by atoms with Gasteiger partial charge in [-0.3, -0.25) is 9.71 Å². The van der Waals surface area contributed by atoms with Crippen molar-refractivity contribution in [1.29, 1.82) is 0 Å². The van der Waals surface area contributed by atoms with Crippen LogP contribution in [-0.2, 0) is 10.0 Å². The van der Waals surface area contributed by atoms with E-state index in [4.69, 9.17) is 0 Å². The van der Waals surface area contributed by atoms with Crippen LogP contribution in [0.15, 0.2) is 53.6 Å². The Hall–Kier alpha value is -2.61. The number of hydrogen-bond acceptors (Lipinski definition) is 3. The van der Waals surface area contributed by atoms with Gasteiger partial charge in [0.05, 0.1) is 11.2 Å². The number of hydrogen-bond donors (Lipinski definition) is 1. The number of anilines is 1. The largest absolute Gasteiger partial charge is 0.276 e. The summed E-state index contributed by atoms with van der Waals surface area (Å²) in [5.74, 6) is -4.76. The molecular weight excluding hydrogens is 329 g/mol. The molecule has 0 saturated carbocycles. The number of pyridine rings is 1. The molecule has 0 spiro atoms. The van der Waals surface area contributed by atoms with E-state index in [1.807, 2.05) is 4.72 Å². The molecule has 8 heteroatoms. The van der Waals surface area contributed by atoms with Gasteiger partial charge in [0.15, 0.2) is 17.5 Å². The van der Waals surface area contributed by atoms with Gasteiger partial charge in [0.25, 0.3) is 10.0 Å². The number of sulfonamides is 1. The first-order valence-electron chi connectivity index (χ1n) is 6.40. The van der Waals surface area contributed by atoms with Crippen molar-refractivity contribution in [2.75, 3.05) is 4.72 Å². The van der Waals surface area contributed by atoms with Gasteiger partial charge in [-0.2, -0.15) is 0 Å². The van der Waals surface area contributed by atoms with Crippen LogP contribution >= 0.6 is 0 Å². The van der Waals surface area contributed by atoms with E-state index in [1.54, 1.807) is 18.2 Å². The third-order valence-corrected chi connectivity index (χ3v) is 4.56. The number of aromatic nitrogens is 1. The summed E-state index contributed by atoms with van der Waals surface area (Å²) in [5, 5.41) is 0.570. The number of nitrogens with one attached hydrogen (secondary N) is 1. The lowest BCUT2D eigenvalue weighted by Gasteiger charge is -2.11. The van der Waals surface area contributed by atoms with E-state index in [0.717, 1.165) is 6.07 Å². The number of para-hydroxylation sites is 1. The molecule has 3 aromatic rings. The van der Waals surface area contributed by atoms with Crippen LogP contribution in [0.5, 0.6) is 0 Å². The molecule has 2 aromatic carbocycles. The van der Waals surface area contributed by atoms with Crippen molar-refractivity contribution in [3.63, 3.8) is 0 Å². The van der Waals surface area contributed by atoms with Crippen LogP contribution in [-0.4, -0.2) is 13.4 Å². The van der Waals surface area contributed by atoms with E-state index in [0.29, 0.717) is 11.5 Å². The molecule has 1 aromatic heterocycles. The number of nitrogens with zero attached hydrogens (tertiary/aromatic N) is 1. The summed E-state index contributed by atoms with van der Waals surface area (Å²) in [6.07, 6.45) is 1.42. The van der Waals surface area contributed by atoms with E-state index < -0.39 is 33.2 Å². The van der Waals surface area contributed by atoms with Crippen molar-refractivity contribution in [3.8, 4) is 0 Å². The lowest BCUT2D eigenvalue weighted by atomic mass is 10.2. The predicted octanol–water partition coefficient (Wildman–Crippen LogP) is 3.45. The van der Waals surface area contributed by atoms with Crippen molar-refractivity contribution in [1.82, 2.24) is 4.98 Å². The Kier molecular flexibility index (Phi) is 3.69. The average molecular weight is 338 g/mol. The van der Waals surface area contributed by atoms with E-state index in [9.17, 15) is 21.6 Å². The summed E-state index contributed by atoms with van der Waals surface area (Å²) in [6, 6.07) is 9.21. The highest BCUT2D eigenvalue weighted by molar-refractivity contribution is 7.93. The summed E-state index contributed by atoms with van der Waals surface area (Å²) in [5.41, 5.74) is -0.498. The highest BCUT2D eigenvalue weighted by Crippen LogP contribution is 2.26. The molecule has 0 saturated heterocycles. The van der Waals surface area contributed by atoms with Crippen LogP contribution in [0, 0.1) is 17.5 Å². The molecule has 0 amide bonds. The molecule has 4 nitrogen and oxygen atoms in total. The van der Waals surface area contributed by atoms with Gasteiger partial charge < -0.3 is 0 Å². The van der Waals surface area contributed by atoms with E-state index in [-0.39, 0.29) is 10.4 Å². The molecular formula is C15H9F3N2O2S. The number of benzene rings is 2. The van der Waals surface area contributed by atoms with E-state index in [2.05, 4.69) is 4.98 Å². The molecule has 3 rings (SSSR count). The molecule has 118 valence electrons. The Morgan fingerprint density at radius 3 is 2.43 bits per heavy atom. The van der Waals surface area contributed by atoms with Gasteiger partial charge in [-0.25, -0.2) is 21.6 Å². The second-order valence-electron chi connectivity index (χ2n) is 4.66. The minimum Gasteiger partial charge on any atom is -0.276 e. The molecule has 0 aliphatic heterocycles. The summed E-state index contributed by atoms with van der Waals surface area (Å²) < 4.78 is 66.6. The Bertz CT molecular complexity index is 1000. The Balaban J connectivity index is 2.10. The first-order chi connectivity index (χ1) is 10.9. The topological polar surface area (TPSA) is 59.1 Å².